The third kappa shape index (κ3) is 2.71. The van der Waals surface area contributed by atoms with Gasteiger partial charge in [0.2, 0.25) is 0 Å². The highest BCUT2D eigenvalue weighted by molar-refractivity contribution is 6.63. The lowest BCUT2D eigenvalue weighted by Crippen LogP contribution is -2.41. The summed E-state index contributed by atoms with van der Waals surface area (Å²) in [5.41, 5.74) is 2.86. The number of hydrogen-bond donors (Lipinski definition) is 0. The third-order valence-electron chi connectivity index (χ3n) is 4.78. The molecule has 0 spiro atoms. The van der Waals surface area contributed by atoms with Crippen molar-refractivity contribution in [3.8, 4) is 0 Å². The second-order valence-electron chi connectivity index (χ2n) is 6.86. The predicted octanol–water partition coefficient (Wildman–Crippen LogP) is 3.89. The minimum absolute atomic E-state index is 0.319. The molecule has 0 N–H and O–H groups in total. The Labute approximate surface area is 133 Å². The van der Waals surface area contributed by atoms with Crippen LogP contribution in [0.5, 0.6) is 0 Å². The molecule has 0 radical (unpaired) electrons. The molecule has 2 nitrogen and oxygen atoms in total. The molecule has 1 fully saturated rings. The lowest BCUT2D eigenvalue weighted by molar-refractivity contribution is 0.00578. The average molecular weight is 294 g/mol. The van der Waals surface area contributed by atoms with Crippen LogP contribution in [0.25, 0.3) is 5.57 Å². The van der Waals surface area contributed by atoms with Gasteiger partial charge in [-0.3, -0.25) is 0 Å². The molecule has 0 atom stereocenters. The van der Waals surface area contributed by atoms with E-state index in [1.807, 2.05) is 6.07 Å². The molecule has 0 unspecified atom stereocenters. The van der Waals surface area contributed by atoms with Crippen LogP contribution < -0.4 is 5.46 Å². The van der Waals surface area contributed by atoms with E-state index in [2.05, 4.69) is 76.3 Å². The van der Waals surface area contributed by atoms with Crippen LogP contribution in [0.1, 0.15) is 39.7 Å². The molecule has 1 aliphatic heterocycles. The van der Waals surface area contributed by atoms with Gasteiger partial charge in [-0.25, -0.2) is 0 Å². The van der Waals surface area contributed by atoms with Crippen LogP contribution in [-0.2, 0) is 9.31 Å². The maximum atomic E-state index is 6.22. The molecule has 1 saturated heterocycles. The number of rotatable bonds is 2. The zero-order valence-corrected chi connectivity index (χ0v) is 13.8. The first-order chi connectivity index (χ1) is 10.4. The van der Waals surface area contributed by atoms with Gasteiger partial charge in [-0.2, -0.15) is 0 Å². The molecule has 0 saturated carbocycles. The van der Waals surface area contributed by atoms with Crippen molar-refractivity contribution in [1.29, 1.82) is 0 Å². The SMILES string of the molecule is CC1(C)OB(c2ccccc2C2=CCC=CC=C2)OC1(C)C. The summed E-state index contributed by atoms with van der Waals surface area (Å²) in [7, 11) is -0.327. The Morgan fingerprint density at radius 3 is 2.36 bits per heavy atom. The summed E-state index contributed by atoms with van der Waals surface area (Å²) in [4.78, 5) is 0. The van der Waals surface area contributed by atoms with Gasteiger partial charge in [-0.1, -0.05) is 54.6 Å². The van der Waals surface area contributed by atoms with E-state index in [1.54, 1.807) is 0 Å². The predicted molar refractivity (Wildman–Crippen MR) is 93.0 cm³/mol. The molecule has 0 bridgehead atoms. The van der Waals surface area contributed by atoms with Gasteiger partial charge in [0.05, 0.1) is 11.2 Å². The van der Waals surface area contributed by atoms with E-state index in [9.17, 15) is 0 Å². The van der Waals surface area contributed by atoms with Crippen molar-refractivity contribution in [2.24, 2.45) is 0 Å². The molecular weight excluding hydrogens is 271 g/mol. The van der Waals surface area contributed by atoms with E-state index in [0.29, 0.717) is 0 Å². The van der Waals surface area contributed by atoms with Crippen molar-refractivity contribution in [2.45, 2.75) is 45.3 Å². The van der Waals surface area contributed by atoms with Crippen molar-refractivity contribution >= 4 is 18.2 Å². The van der Waals surface area contributed by atoms with E-state index in [4.69, 9.17) is 9.31 Å². The maximum absolute atomic E-state index is 6.22. The Bertz CT molecular complexity index is 637. The Morgan fingerprint density at radius 1 is 0.955 bits per heavy atom. The molecule has 114 valence electrons. The first kappa shape index (κ1) is 15.3. The van der Waals surface area contributed by atoms with Crippen LogP contribution in [0.15, 0.2) is 54.6 Å². The minimum atomic E-state index is -0.327. The number of allylic oxidation sites excluding steroid dienone is 6. The second-order valence-corrected chi connectivity index (χ2v) is 6.86. The molecular formula is C19H23BO2. The van der Waals surface area contributed by atoms with Gasteiger partial charge >= 0.3 is 7.12 Å². The molecule has 2 aliphatic rings. The van der Waals surface area contributed by atoms with Crippen molar-refractivity contribution in [2.75, 3.05) is 0 Å². The van der Waals surface area contributed by atoms with Crippen molar-refractivity contribution in [1.82, 2.24) is 0 Å². The van der Waals surface area contributed by atoms with Crippen molar-refractivity contribution < 1.29 is 9.31 Å². The molecule has 1 aromatic carbocycles. The zero-order valence-electron chi connectivity index (χ0n) is 13.8. The summed E-state index contributed by atoms with van der Waals surface area (Å²) in [6.45, 7) is 8.35. The Balaban J connectivity index is 1.98. The topological polar surface area (TPSA) is 18.5 Å². The second kappa shape index (κ2) is 5.56. The molecule has 0 aromatic heterocycles. The highest BCUT2D eigenvalue weighted by Crippen LogP contribution is 2.37. The molecule has 1 heterocycles. The largest absolute Gasteiger partial charge is 0.495 e. The standard InChI is InChI=1S/C19H23BO2/c1-18(2)19(3,4)22-20(21-18)17-14-10-9-13-16(17)15-11-7-5-6-8-12-15/h5-7,9-14H,8H2,1-4H3. The van der Waals surface area contributed by atoms with Crippen LogP contribution >= 0.6 is 0 Å². The first-order valence-electron chi connectivity index (χ1n) is 7.89. The van der Waals surface area contributed by atoms with Gasteiger partial charge in [0, 0.05) is 0 Å². The summed E-state index contributed by atoms with van der Waals surface area (Å²) in [6.07, 6.45) is 11.7. The summed E-state index contributed by atoms with van der Waals surface area (Å²) in [6, 6.07) is 8.35. The first-order valence-corrected chi connectivity index (χ1v) is 7.89. The fraction of sp³-hybridized carbons (Fsp3) is 0.368. The van der Waals surface area contributed by atoms with Crippen LogP contribution in [0, 0.1) is 0 Å². The van der Waals surface area contributed by atoms with E-state index < -0.39 is 0 Å². The van der Waals surface area contributed by atoms with E-state index in [0.717, 1.165) is 11.9 Å². The normalized spacial score (nSPS) is 22.5. The van der Waals surface area contributed by atoms with Crippen LogP contribution in [0.2, 0.25) is 0 Å². The summed E-state index contributed by atoms with van der Waals surface area (Å²) in [5.74, 6) is 0. The molecule has 1 aromatic rings. The summed E-state index contributed by atoms with van der Waals surface area (Å²) >= 11 is 0. The molecule has 3 rings (SSSR count). The van der Waals surface area contributed by atoms with E-state index >= 15 is 0 Å². The zero-order chi connectivity index (χ0) is 15.8. The Hall–Kier alpha value is -1.58. The van der Waals surface area contributed by atoms with Gasteiger partial charge in [0.15, 0.2) is 0 Å². The van der Waals surface area contributed by atoms with Crippen LogP contribution in [0.4, 0.5) is 0 Å². The van der Waals surface area contributed by atoms with Gasteiger partial charge in [-0.15, -0.1) is 0 Å². The van der Waals surface area contributed by atoms with Gasteiger partial charge in [0.1, 0.15) is 0 Å². The fourth-order valence-corrected chi connectivity index (χ4v) is 2.71. The summed E-state index contributed by atoms with van der Waals surface area (Å²) < 4.78 is 12.4. The van der Waals surface area contributed by atoms with E-state index in [1.165, 1.54) is 11.1 Å². The molecule has 22 heavy (non-hydrogen) atoms. The van der Waals surface area contributed by atoms with Crippen molar-refractivity contribution in [3.63, 3.8) is 0 Å². The third-order valence-corrected chi connectivity index (χ3v) is 4.78. The monoisotopic (exact) mass is 294 g/mol. The Kier molecular flexibility index (Phi) is 3.88. The summed E-state index contributed by atoms with van der Waals surface area (Å²) in [5, 5.41) is 0. The van der Waals surface area contributed by atoms with Gasteiger partial charge in [0.25, 0.3) is 0 Å². The fourth-order valence-electron chi connectivity index (χ4n) is 2.71. The smallest absolute Gasteiger partial charge is 0.399 e. The minimum Gasteiger partial charge on any atom is -0.399 e. The van der Waals surface area contributed by atoms with E-state index in [-0.39, 0.29) is 18.3 Å². The molecule has 3 heteroatoms. The van der Waals surface area contributed by atoms with Gasteiger partial charge < -0.3 is 9.31 Å². The number of hydrogen-bond acceptors (Lipinski definition) is 2. The van der Waals surface area contributed by atoms with Crippen LogP contribution in [0.3, 0.4) is 0 Å². The van der Waals surface area contributed by atoms with Crippen molar-refractivity contribution in [3.05, 3.63) is 60.2 Å². The molecule has 1 aliphatic carbocycles. The lowest BCUT2D eigenvalue weighted by Gasteiger charge is -2.32. The van der Waals surface area contributed by atoms with Crippen LogP contribution in [-0.4, -0.2) is 18.3 Å². The highest BCUT2D eigenvalue weighted by Gasteiger charge is 2.52. The van der Waals surface area contributed by atoms with Gasteiger partial charge in [-0.05, 0) is 50.7 Å². The average Bonchev–Trinajstić information content (AvgIpc) is 2.67. The lowest BCUT2D eigenvalue weighted by atomic mass is 9.74. The highest BCUT2D eigenvalue weighted by atomic mass is 16.7. The maximum Gasteiger partial charge on any atom is 0.495 e. The molecule has 0 amide bonds. The number of benzene rings is 1. The Morgan fingerprint density at radius 2 is 1.64 bits per heavy atom. The quantitative estimate of drug-likeness (QED) is 0.771.